The topological polar surface area (TPSA) is 43.5 Å². The Bertz CT molecular complexity index is 1280. The maximum absolute atomic E-state index is 6.38. The summed E-state index contributed by atoms with van der Waals surface area (Å²) in [5.41, 5.74) is 7.56. The number of rotatable bonds is 17. The third-order valence-electron chi connectivity index (χ3n) is 8.08. The van der Waals surface area contributed by atoms with Gasteiger partial charge in [0, 0.05) is 5.41 Å². The molecular weight excluding hydrogens is 520 g/mol. The Kier molecular flexibility index (Phi) is 9.46. The highest BCUT2D eigenvalue weighted by molar-refractivity contribution is 5.59. The molecule has 5 rings (SSSR count). The lowest BCUT2D eigenvalue weighted by atomic mass is 9.69. The number of epoxide rings is 2. The Morgan fingerprint density at radius 2 is 1.00 bits per heavy atom. The van der Waals surface area contributed by atoms with Gasteiger partial charge >= 0.3 is 0 Å². The molecule has 2 aliphatic heterocycles. The highest BCUT2D eigenvalue weighted by Gasteiger charge is 2.35. The summed E-state index contributed by atoms with van der Waals surface area (Å²) in [6, 6.07) is 19.9. The summed E-state index contributed by atoms with van der Waals surface area (Å²) in [7, 11) is 0. The van der Waals surface area contributed by atoms with E-state index in [-0.39, 0.29) is 12.2 Å². The first-order valence-corrected chi connectivity index (χ1v) is 14.8. The maximum Gasteiger partial charge on any atom is 0.126 e. The largest absolute Gasteiger partial charge is 0.490 e. The third-order valence-corrected chi connectivity index (χ3v) is 8.08. The molecule has 4 heteroatoms. The lowest BCUT2D eigenvalue weighted by molar-refractivity contribution is 0.259. The smallest absolute Gasteiger partial charge is 0.126 e. The molecule has 0 amide bonds. The van der Waals surface area contributed by atoms with Gasteiger partial charge in [0.1, 0.15) is 36.9 Å². The van der Waals surface area contributed by atoms with Gasteiger partial charge in [-0.05, 0) is 71.6 Å². The molecule has 0 radical (unpaired) electrons. The number of hydrogen-bond donors (Lipinski definition) is 0. The van der Waals surface area contributed by atoms with Crippen LogP contribution in [0, 0.1) is 0 Å². The predicted octanol–water partition coefficient (Wildman–Crippen LogP) is 7.51. The van der Waals surface area contributed by atoms with Crippen molar-refractivity contribution < 1.29 is 18.9 Å². The summed E-state index contributed by atoms with van der Waals surface area (Å²) < 4.78 is 23.6. The minimum atomic E-state index is -0.477. The molecule has 3 aromatic rings. The van der Waals surface area contributed by atoms with Crippen LogP contribution in [0.1, 0.15) is 45.9 Å². The van der Waals surface area contributed by atoms with Crippen LogP contribution in [0.4, 0.5) is 0 Å². The minimum absolute atomic E-state index is 0.172. The van der Waals surface area contributed by atoms with E-state index in [0.717, 1.165) is 47.0 Å². The zero-order valence-electron chi connectivity index (χ0n) is 24.8. The molecule has 0 spiro atoms. The quantitative estimate of drug-likeness (QED) is 0.0970. The summed E-state index contributed by atoms with van der Waals surface area (Å²) in [5.74, 6) is 1.82. The van der Waals surface area contributed by atoms with Crippen molar-refractivity contribution in [2.75, 3.05) is 26.4 Å². The van der Waals surface area contributed by atoms with Crippen LogP contribution in [0.2, 0.25) is 0 Å². The first-order chi connectivity index (χ1) is 20.5. The van der Waals surface area contributed by atoms with Crippen molar-refractivity contribution in [3.8, 4) is 11.5 Å². The average Bonchev–Trinajstić information content (AvgIpc) is 3.93. The third kappa shape index (κ3) is 6.61. The van der Waals surface area contributed by atoms with Crippen LogP contribution in [0.3, 0.4) is 0 Å². The van der Waals surface area contributed by atoms with Gasteiger partial charge in [0.15, 0.2) is 0 Å². The highest BCUT2D eigenvalue weighted by atomic mass is 16.6. The van der Waals surface area contributed by atoms with Gasteiger partial charge in [0.2, 0.25) is 0 Å². The average molecular weight is 563 g/mol. The molecule has 2 unspecified atom stereocenters. The molecule has 2 saturated heterocycles. The van der Waals surface area contributed by atoms with Gasteiger partial charge in [-0.15, -0.1) is 26.3 Å². The normalized spacial score (nSPS) is 18.4. The van der Waals surface area contributed by atoms with Gasteiger partial charge < -0.3 is 18.9 Å². The molecule has 42 heavy (non-hydrogen) atoms. The molecule has 2 fully saturated rings. The summed E-state index contributed by atoms with van der Waals surface area (Å²) >= 11 is 0. The van der Waals surface area contributed by atoms with Crippen molar-refractivity contribution in [3.63, 3.8) is 0 Å². The van der Waals surface area contributed by atoms with Crippen LogP contribution >= 0.6 is 0 Å². The van der Waals surface area contributed by atoms with Gasteiger partial charge in [-0.2, -0.15) is 0 Å². The van der Waals surface area contributed by atoms with E-state index < -0.39 is 5.41 Å². The molecule has 0 saturated carbocycles. The number of benzene rings is 3. The zero-order valence-corrected chi connectivity index (χ0v) is 24.8. The number of allylic oxidation sites excluding steroid dienone is 4. The van der Waals surface area contributed by atoms with E-state index in [9.17, 15) is 0 Å². The van der Waals surface area contributed by atoms with Crippen LogP contribution in [0.5, 0.6) is 11.5 Å². The van der Waals surface area contributed by atoms with Crippen LogP contribution < -0.4 is 9.47 Å². The van der Waals surface area contributed by atoms with E-state index in [4.69, 9.17) is 18.9 Å². The fraction of sp³-hybridized carbons (Fsp3) is 0.316. The zero-order chi connectivity index (χ0) is 29.5. The van der Waals surface area contributed by atoms with Crippen LogP contribution in [-0.2, 0) is 40.6 Å². The second-order valence-electron chi connectivity index (χ2n) is 11.2. The van der Waals surface area contributed by atoms with Crippen molar-refractivity contribution in [2.24, 2.45) is 0 Å². The second-order valence-corrected chi connectivity index (χ2v) is 11.2. The summed E-state index contributed by atoms with van der Waals surface area (Å²) in [5, 5.41) is 0. The SMILES string of the molecule is C=CCc1cc(C(C)(c2ccccc2)c2cc(CC=C)c(OCC3CO3)c(CC=C)c2)cc(CC=C)c1OCC1CO1. The Labute approximate surface area is 251 Å². The Morgan fingerprint density at radius 1 is 0.643 bits per heavy atom. The van der Waals surface area contributed by atoms with E-state index >= 15 is 0 Å². The van der Waals surface area contributed by atoms with E-state index in [2.05, 4.69) is 87.8 Å². The number of hydrogen-bond acceptors (Lipinski definition) is 4. The second kappa shape index (κ2) is 13.4. The Hall–Kier alpha value is -3.86. The molecule has 2 atom stereocenters. The summed E-state index contributed by atoms with van der Waals surface area (Å²) in [4.78, 5) is 0. The van der Waals surface area contributed by atoms with E-state index in [1.54, 1.807) is 0 Å². The van der Waals surface area contributed by atoms with Gasteiger partial charge in [0.05, 0.1) is 13.2 Å². The van der Waals surface area contributed by atoms with Crippen molar-refractivity contribution in [1.29, 1.82) is 0 Å². The van der Waals surface area contributed by atoms with E-state index in [1.807, 2.05) is 24.3 Å². The van der Waals surface area contributed by atoms with Crippen LogP contribution in [-0.4, -0.2) is 38.6 Å². The molecule has 0 N–H and O–H groups in total. The van der Waals surface area contributed by atoms with Gasteiger partial charge in [0.25, 0.3) is 0 Å². The molecule has 218 valence electrons. The van der Waals surface area contributed by atoms with Crippen molar-refractivity contribution in [2.45, 2.75) is 50.2 Å². The first kappa shape index (κ1) is 29.6. The predicted molar refractivity (Wildman–Crippen MR) is 171 cm³/mol. The standard InChI is InChI=1S/C38H42O4/c1-6-13-27-19-32(20-28(14-7-2)36(27)41-25-34-23-39-34)38(5,31-17-11-10-12-18-31)33-21-29(15-8-3)37(30(22-33)16-9-4)42-26-35-24-40-35/h6-12,17-22,34-35H,1-4,13-16,23-26H2,5H3. The minimum Gasteiger partial charge on any atom is -0.490 e. The summed E-state index contributed by atoms with van der Waals surface area (Å²) in [6.07, 6.45) is 10.9. The highest BCUT2D eigenvalue weighted by Crippen LogP contribution is 2.44. The molecule has 0 bridgehead atoms. The monoisotopic (exact) mass is 562 g/mol. The first-order valence-electron chi connectivity index (χ1n) is 14.8. The van der Waals surface area contributed by atoms with Crippen molar-refractivity contribution in [3.05, 3.63) is 144 Å². The molecule has 4 nitrogen and oxygen atoms in total. The summed E-state index contributed by atoms with van der Waals surface area (Å²) in [6.45, 7) is 21.1. The molecule has 3 aromatic carbocycles. The maximum atomic E-state index is 6.38. The van der Waals surface area contributed by atoms with Gasteiger partial charge in [-0.3, -0.25) is 0 Å². The molecule has 2 heterocycles. The lowest BCUT2D eigenvalue weighted by Crippen LogP contribution is -2.27. The molecule has 2 aliphatic rings. The van der Waals surface area contributed by atoms with Gasteiger partial charge in [-0.1, -0.05) is 78.9 Å². The Morgan fingerprint density at radius 3 is 1.31 bits per heavy atom. The number of ether oxygens (including phenoxy) is 4. The van der Waals surface area contributed by atoms with Gasteiger partial charge in [-0.25, -0.2) is 0 Å². The van der Waals surface area contributed by atoms with Crippen molar-refractivity contribution >= 4 is 0 Å². The Balaban J connectivity index is 1.71. The van der Waals surface area contributed by atoms with E-state index in [1.165, 1.54) is 16.7 Å². The van der Waals surface area contributed by atoms with Crippen LogP contribution in [0.15, 0.2) is 105 Å². The van der Waals surface area contributed by atoms with E-state index in [0.29, 0.717) is 38.9 Å². The molecular formula is C38H42O4. The molecule has 0 aliphatic carbocycles. The van der Waals surface area contributed by atoms with Crippen molar-refractivity contribution in [1.82, 2.24) is 0 Å². The van der Waals surface area contributed by atoms with Crippen LogP contribution in [0.25, 0.3) is 0 Å². The lowest BCUT2D eigenvalue weighted by Gasteiger charge is -2.34. The molecule has 0 aromatic heterocycles. The fourth-order valence-electron chi connectivity index (χ4n) is 5.64. The fourth-order valence-corrected chi connectivity index (χ4v) is 5.64.